The van der Waals surface area contributed by atoms with E-state index in [9.17, 15) is 13.2 Å². The van der Waals surface area contributed by atoms with Crippen LogP contribution in [0.25, 0.3) is 0 Å². The minimum atomic E-state index is -0.732. The summed E-state index contributed by atoms with van der Waals surface area (Å²) in [4.78, 5) is 0. The molecule has 0 saturated heterocycles. The lowest BCUT2D eigenvalue weighted by atomic mass is 10.2. The monoisotopic (exact) mass is 272 g/mol. The van der Waals surface area contributed by atoms with E-state index in [0.29, 0.717) is 0 Å². The summed E-state index contributed by atoms with van der Waals surface area (Å²) < 4.78 is 39.0. The van der Waals surface area contributed by atoms with Crippen molar-refractivity contribution in [2.45, 2.75) is 0 Å². The van der Waals surface area contributed by atoms with Crippen LogP contribution in [-0.4, -0.2) is 0 Å². The molecular formula is C12H8ClF3N2. The van der Waals surface area contributed by atoms with Crippen molar-refractivity contribution in [1.82, 2.24) is 0 Å². The molecule has 0 aliphatic rings. The maximum atomic E-state index is 13.1. The Bertz CT molecular complexity index is 582. The molecular weight excluding hydrogens is 265 g/mol. The number of halogens is 4. The number of anilines is 3. The van der Waals surface area contributed by atoms with Gasteiger partial charge in [0.2, 0.25) is 0 Å². The molecule has 2 aromatic carbocycles. The lowest BCUT2D eigenvalue weighted by Gasteiger charge is -2.10. The lowest BCUT2D eigenvalue weighted by Crippen LogP contribution is -1.98. The molecule has 0 saturated carbocycles. The Morgan fingerprint density at radius 1 is 0.944 bits per heavy atom. The molecule has 0 unspecified atom stereocenters. The molecule has 2 aromatic rings. The summed E-state index contributed by atoms with van der Waals surface area (Å²) in [5.74, 6) is -2.13. The van der Waals surface area contributed by atoms with Gasteiger partial charge in [0.1, 0.15) is 17.5 Å². The third kappa shape index (κ3) is 2.68. The van der Waals surface area contributed by atoms with E-state index in [2.05, 4.69) is 5.32 Å². The highest BCUT2D eigenvalue weighted by Gasteiger charge is 2.08. The summed E-state index contributed by atoms with van der Waals surface area (Å²) in [5, 5.41) is 2.53. The van der Waals surface area contributed by atoms with Gasteiger partial charge in [-0.3, -0.25) is 0 Å². The Morgan fingerprint density at radius 3 is 2.17 bits per heavy atom. The molecule has 0 atom stereocenters. The maximum absolute atomic E-state index is 13.1. The van der Waals surface area contributed by atoms with Gasteiger partial charge in [-0.15, -0.1) is 0 Å². The first-order chi connectivity index (χ1) is 8.45. The highest BCUT2D eigenvalue weighted by molar-refractivity contribution is 6.31. The van der Waals surface area contributed by atoms with E-state index < -0.39 is 17.5 Å². The summed E-state index contributed by atoms with van der Waals surface area (Å²) in [7, 11) is 0. The van der Waals surface area contributed by atoms with Gasteiger partial charge in [0, 0.05) is 17.8 Å². The normalized spacial score (nSPS) is 10.4. The largest absolute Gasteiger partial charge is 0.397 e. The van der Waals surface area contributed by atoms with Crippen LogP contribution in [-0.2, 0) is 0 Å². The van der Waals surface area contributed by atoms with Crippen molar-refractivity contribution in [2.75, 3.05) is 11.1 Å². The molecule has 2 rings (SSSR count). The average molecular weight is 273 g/mol. The van der Waals surface area contributed by atoms with E-state index >= 15 is 0 Å². The van der Waals surface area contributed by atoms with Crippen LogP contribution in [0, 0.1) is 17.5 Å². The first kappa shape index (κ1) is 12.6. The van der Waals surface area contributed by atoms with Crippen LogP contribution >= 0.6 is 11.6 Å². The van der Waals surface area contributed by atoms with E-state index in [1.54, 1.807) is 0 Å². The summed E-state index contributed by atoms with van der Waals surface area (Å²) in [5.41, 5.74) is 6.07. The van der Waals surface area contributed by atoms with Crippen molar-refractivity contribution in [3.05, 3.63) is 52.8 Å². The molecule has 0 aliphatic heterocycles. The van der Waals surface area contributed by atoms with Gasteiger partial charge in [-0.25, -0.2) is 13.2 Å². The number of nitrogens with one attached hydrogen (secondary N) is 1. The van der Waals surface area contributed by atoms with Crippen LogP contribution in [0.1, 0.15) is 0 Å². The molecule has 0 spiro atoms. The SMILES string of the molecule is Nc1cc(F)c(Cl)cc1Nc1cc(F)cc(F)c1. The van der Waals surface area contributed by atoms with Crippen LogP contribution in [0.15, 0.2) is 30.3 Å². The Hall–Kier alpha value is -1.88. The zero-order valence-corrected chi connectivity index (χ0v) is 9.73. The molecule has 3 N–H and O–H groups in total. The highest BCUT2D eigenvalue weighted by atomic mass is 35.5. The first-order valence-electron chi connectivity index (χ1n) is 4.93. The van der Waals surface area contributed by atoms with Crippen LogP contribution in [0.2, 0.25) is 5.02 Å². The number of nitrogen functional groups attached to an aromatic ring is 1. The third-order valence-corrected chi connectivity index (χ3v) is 2.52. The Kier molecular flexibility index (Phi) is 3.34. The van der Waals surface area contributed by atoms with E-state index in [-0.39, 0.29) is 22.1 Å². The number of rotatable bonds is 2. The smallest absolute Gasteiger partial charge is 0.143 e. The molecule has 0 heterocycles. The molecule has 0 bridgehead atoms. The van der Waals surface area contributed by atoms with Gasteiger partial charge in [-0.2, -0.15) is 0 Å². The van der Waals surface area contributed by atoms with Crippen LogP contribution in [0.3, 0.4) is 0 Å². The number of benzene rings is 2. The first-order valence-corrected chi connectivity index (χ1v) is 5.31. The van der Waals surface area contributed by atoms with Crippen LogP contribution in [0.5, 0.6) is 0 Å². The average Bonchev–Trinajstić information content (AvgIpc) is 2.24. The zero-order valence-electron chi connectivity index (χ0n) is 8.98. The second-order valence-electron chi connectivity index (χ2n) is 3.64. The fourth-order valence-electron chi connectivity index (χ4n) is 1.45. The second kappa shape index (κ2) is 4.78. The van der Waals surface area contributed by atoms with E-state index in [0.717, 1.165) is 24.3 Å². The zero-order chi connectivity index (χ0) is 13.3. The predicted molar refractivity (Wildman–Crippen MR) is 65.5 cm³/mol. The molecule has 18 heavy (non-hydrogen) atoms. The fourth-order valence-corrected chi connectivity index (χ4v) is 1.62. The van der Waals surface area contributed by atoms with Gasteiger partial charge >= 0.3 is 0 Å². The van der Waals surface area contributed by atoms with Gasteiger partial charge in [0.25, 0.3) is 0 Å². The van der Waals surface area contributed by atoms with Gasteiger partial charge in [0.15, 0.2) is 0 Å². The van der Waals surface area contributed by atoms with Crippen molar-refractivity contribution >= 4 is 28.7 Å². The van der Waals surface area contributed by atoms with Gasteiger partial charge < -0.3 is 11.1 Å². The van der Waals surface area contributed by atoms with E-state index in [1.165, 1.54) is 6.07 Å². The van der Waals surface area contributed by atoms with Gasteiger partial charge in [0.05, 0.1) is 16.4 Å². The third-order valence-electron chi connectivity index (χ3n) is 2.23. The Morgan fingerprint density at radius 2 is 1.56 bits per heavy atom. The molecule has 0 amide bonds. The van der Waals surface area contributed by atoms with Crippen molar-refractivity contribution in [2.24, 2.45) is 0 Å². The molecule has 2 nitrogen and oxygen atoms in total. The van der Waals surface area contributed by atoms with Gasteiger partial charge in [-0.05, 0) is 18.2 Å². The summed E-state index contributed by atoms with van der Waals surface area (Å²) in [6.45, 7) is 0. The van der Waals surface area contributed by atoms with E-state index in [1.807, 2.05) is 0 Å². The van der Waals surface area contributed by atoms with Crippen molar-refractivity contribution in [1.29, 1.82) is 0 Å². The number of hydrogen-bond donors (Lipinski definition) is 2. The maximum Gasteiger partial charge on any atom is 0.143 e. The second-order valence-corrected chi connectivity index (χ2v) is 4.04. The minimum absolute atomic E-state index is 0.0848. The van der Waals surface area contributed by atoms with Crippen molar-refractivity contribution in [3.63, 3.8) is 0 Å². The van der Waals surface area contributed by atoms with Crippen LogP contribution in [0.4, 0.5) is 30.2 Å². The minimum Gasteiger partial charge on any atom is -0.397 e. The highest BCUT2D eigenvalue weighted by Crippen LogP contribution is 2.29. The summed E-state index contributed by atoms with van der Waals surface area (Å²) in [6, 6.07) is 5.18. The van der Waals surface area contributed by atoms with Crippen molar-refractivity contribution in [3.8, 4) is 0 Å². The standard InChI is InChI=1S/C12H8ClF3N2/c13-9-4-12(11(17)5-10(9)16)18-8-2-6(14)1-7(15)3-8/h1-5,18H,17H2. The Balaban J connectivity index is 2.36. The van der Waals surface area contributed by atoms with Crippen molar-refractivity contribution < 1.29 is 13.2 Å². The van der Waals surface area contributed by atoms with Crippen LogP contribution < -0.4 is 11.1 Å². The summed E-state index contributed by atoms with van der Waals surface area (Å²) in [6.07, 6.45) is 0. The Labute approximate surface area is 106 Å². The van der Waals surface area contributed by atoms with Gasteiger partial charge in [-0.1, -0.05) is 11.6 Å². The topological polar surface area (TPSA) is 38.0 Å². The predicted octanol–water partition coefficient (Wildman–Crippen LogP) is 4.08. The molecule has 0 aromatic heterocycles. The fraction of sp³-hybridized carbons (Fsp3) is 0. The molecule has 94 valence electrons. The number of nitrogens with two attached hydrogens (primary N) is 1. The van der Waals surface area contributed by atoms with E-state index in [4.69, 9.17) is 17.3 Å². The quantitative estimate of drug-likeness (QED) is 0.808. The number of hydrogen-bond acceptors (Lipinski definition) is 2. The molecule has 6 heteroatoms. The molecule has 0 fully saturated rings. The molecule has 0 radical (unpaired) electrons. The lowest BCUT2D eigenvalue weighted by molar-refractivity contribution is 0.584. The molecule has 0 aliphatic carbocycles. The summed E-state index contributed by atoms with van der Waals surface area (Å²) >= 11 is 5.60.